The average Bonchev–Trinajstić information content (AvgIpc) is 3.06. The van der Waals surface area contributed by atoms with E-state index in [2.05, 4.69) is 4.98 Å². The van der Waals surface area contributed by atoms with Crippen molar-refractivity contribution in [3.05, 3.63) is 28.1 Å². The summed E-state index contributed by atoms with van der Waals surface area (Å²) in [5.74, 6) is 1.52. The second-order valence-corrected chi connectivity index (χ2v) is 7.64. The van der Waals surface area contributed by atoms with Crippen LogP contribution in [0.3, 0.4) is 0 Å². The molecule has 2 aromatic heterocycles. The normalized spacial score (nSPS) is 24.6. The number of amides is 1. The fourth-order valence-electron chi connectivity index (χ4n) is 4.08. The average molecular weight is 331 g/mol. The Morgan fingerprint density at radius 3 is 2.96 bits per heavy atom. The Balaban J connectivity index is 1.48. The molecule has 0 N–H and O–H groups in total. The Morgan fingerprint density at radius 2 is 2.09 bits per heavy atom. The van der Waals surface area contributed by atoms with Crippen LogP contribution in [-0.4, -0.2) is 33.4 Å². The Morgan fingerprint density at radius 1 is 1.26 bits per heavy atom. The topological polar surface area (TPSA) is 55.2 Å². The van der Waals surface area contributed by atoms with E-state index in [4.69, 9.17) is 0 Å². The van der Waals surface area contributed by atoms with E-state index in [1.807, 2.05) is 10.3 Å². The van der Waals surface area contributed by atoms with Crippen LogP contribution in [0.15, 0.2) is 22.6 Å². The molecule has 23 heavy (non-hydrogen) atoms. The molecule has 0 radical (unpaired) electrons. The molecule has 1 saturated heterocycles. The van der Waals surface area contributed by atoms with Crippen LogP contribution in [0.25, 0.3) is 10.2 Å². The van der Waals surface area contributed by atoms with E-state index in [9.17, 15) is 9.59 Å². The molecular formula is C17H21N3O2S. The van der Waals surface area contributed by atoms with Crippen LogP contribution in [0.5, 0.6) is 0 Å². The molecule has 1 aliphatic carbocycles. The monoisotopic (exact) mass is 331 g/mol. The van der Waals surface area contributed by atoms with Crippen molar-refractivity contribution in [2.45, 2.75) is 38.6 Å². The van der Waals surface area contributed by atoms with Crippen LogP contribution in [0, 0.1) is 11.8 Å². The van der Waals surface area contributed by atoms with Gasteiger partial charge >= 0.3 is 0 Å². The summed E-state index contributed by atoms with van der Waals surface area (Å²) in [4.78, 5) is 32.0. The molecule has 2 aliphatic rings. The van der Waals surface area contributed by atoms with Crippen molar-refractivity contribution in [2.24, 2.45) is 11.8 Å². The number of thiophene rings is 1. The molecule has 1 amide bonds. The molecular weight excluding hydrogens is 310 g/mol. The van der Waals surface area contributed by atoms with Crippen molar-refractivity contribution in [3.8, 4) is 0 Å². The van der Waals surface area contributed by atoms with E-state index in [1.165, 1.54) is 47.9 Å². The van der Waals surface area contributed by atoms with Crippen molar-refractivity contribution in [1.29, 1.82) is 0 Å². The van der Waals surface area contributed by atoms with Gasteiger partial charge in [0.25, 0.3) is 5.56 Å². The molecule has 2 aromatic rings. The van der Waals surface area contributed by atoms with E-state index < -0.39 is 0 Å². The largest absolute Gasteiger partial charge is 0.341 e. The van der Waals surface area contributed by atoms with Crippen molar-refractivity contribution in [2.75, 3.05) is 13.1 Å². The summed E-state index contributed by atoms with van der Waals surface area (Å²) in [7, 11) is 0. The number of hydrogen-bond donors (Lipinski definition) is 0. The molecule has 0 aromatic carbocycles. The summed E-state index contributed by atoms with van der Waals surface area (Å²) in [6, 6.07) is 1.78. The third kappa shape index (κ3) is 2.80. The molecule has 1 aliphatic heterocycles. The zero-order valence-corrected chi connectivity index (χ0v) is 13.9. The molecule has 2 atom stereocenters. The number of piperidine rings is 1. The van der Waals surface area contributed by atoms with E-state index in [0.29, 0.717) is 11.3 Å². The fourth-order valence-corrected chi connectivity index (χ4v) is 4.80. The van der Waals surface area contributed by atoms with Gasteiger partial charge in [0.2, 0.25) is 5.91 Å². The first-order valence-corrected chi connectivity index (χ1v) is 9.31. The highest BCUT2D eigenvalue weighted by molar-refractivity contribution is 7.16. The van der Waals surface area contributed by atoms with E-state index in [0.717, 1.165) is 30.3 Å². The minimum atomic E-state index is -0.114. The van der Waals surface area contributed by atoms with E-state index in [1.54, 1.807) is 6.07 Å². The first kappa shape index (κ1) is 14.9. The molecule has 122 valence electrons. The summed E-state index contributed by atoms with van der Waals surface area (Å²) >= 11 is 1.45. The highest BCUT2D eigenvalue weighted by Crippen LogP contribution is 2.36. The van der Waals surface area contributed by atoms with Gasteiger partial charge in [0.15, 0.2) is 0 Å². The third-order valence-electron chi connectivity index (χ3n) is 5.40. The first-order chi connectivity index (χ1) is 11.2. The Bertz CT molecular complexity index is 781. The van der Waals surface area contributed by atoms with Gasteiger partial charge in [-0.05, 0) is 36.1 Å². The third-order valence-corrected chi connectivity index (χ3v) is 6.22. The minimum absolute atomic E-state index is 0.0486. The first-order valence-electron chi connectivity index (χ1n) is 8.43. The molecule has 2 unspecified atom stereocenters. The number of rotatable bonds is 2. The lowest BCUT2D eigenvalue weighted by Crippen LogP contribution is -2.46. The number of likely N-dealkylation sites (tertiary alicyclic amines) is 1. The zero-order chi connectivity index (χ0) is 15.8. The number of aromatic nitrogens is 2. The molecule has 2 fully saturated rings. The molecule has 3 heterocycles. The molecule has 6 heteroatoms. The lowest BCUT2D eigenvalue weighted by atomic mass is 9.75. The van der Waals surface area contributed by atoms with Gasteiger partial charge in [0.1, 0.15) is 11.4 Å². The summed E-state index contributed by atoms with van der Waals surface area (Å²) in [6.45, 7) is 1.81. The standard InChI is InChI=1S/C17H21N3O2S/c21-15(19-7-5-12-3-1-2-4-13(12)9-19)10-20-11-18-16-14(17(20)22)6-8-23-16/h6,8,11-13H,1-5,7,9-10H2. The summed E-state index contributed by atoms with van der Waals surface area (Å²) in [5, 5.41) is 2.47. The number of carbonyl (C=O) groups is 1. The van der Waals surface area contributed by atoms with Crippen LogP contribution in [0.2, 0.25) is 0 Å². The number of carbonyl (C=O) groups excluding carboxylic acids is 1. The van der Waals surface area contributed by atoms with Crippen molar-refractivity contribution in [1.82, 2.24) is 14.5 Å². The van der Waals surface area contributed by atoms with Gasteiger partial charge in [0, 0.05) is 13.1 Å². The zero-order valence-electron chi connectivity index (χ0n) is 13.1. The van der Waals surface area contributed by atoms with Crippen molar-refractivity contribution < 1.29 is 4.79 Å². The van der Waals surface area contributed by atoms with Gasteiger partial charge in [-0.15, -0.1) is 11.3 Å². The maximum atomic E-state index is 12.6. The Hall–Kier alpha value is -1.69. The lowest BCUT2D eigenvalue weighted by Gasteiger charge is -2.41. The second kappa shape index (κ2) is 6.07. The van der Waals surface area contributed by atoms with Crippen LogP contribution < -0.4 is 5.56 Å². The summed E-state index contributed by atoms with van der Waals surface area (Å²) in [5.41, 5.74) is -0.114. The minimum Gasteiger partial charge on any atom is -0.341 e. The van der Waals surface area contributed by atoms with Gasteiger partial charge < -0.3 is 4.90 Å². The molecule has 0 spiro atoms. The Labute approximate surface area is 138 Å². The SMILES string of the molecule is O=C(Cn1cnc2sccc2c1=O)N1CCC2CCCCC2C1. The predicted octanol–water partition coefficient (Wildman–Crippen LogP) is 2.50. The quantitative estimate of drug-likeness (QED) is 0.849. The molecule has 0 bridgehead atoms. The predicted molar refractivity (Wildman–Crippen MR) is 90.5 cm³/mol. The van der Waals surface area contributed by atoms with Gasteiger partial charge in [0.05, 0.1) is 11.7 Å². The lowest BCUT2D eigenvalue weighted by molar-refractivity contribution is -0.135. The second-order valence-electron chi connectivity index (χ2n) is 6.75. The van der Waals surface area contributed by atoms with E-state index in [-0.39, 0.29) is 18.0 Å². The van der Waals surface area contributed by atoms with Crippen LogP contribution in [0.4, 0.5) is 0 Å². The van der Waals surface area contributed by atoms with Crippen LogP contribution in [0.1, 0.15) is 32.1 Å². The summed E-state index contributed by atoms with van der Waals surface area (Å²) in [6.07, 6.45) is 7.83. The molecule has 5 nitrogen and oxygen atoms in total. The van der Waals surface area contributed by atoms with Crippen molar-refractivity contribution in [3.63, 3.8) is 0 Å². The van der Waals surface area contributed by atoms with Gasteiger partial charge in [-0.25, -0.2) is 4.98 Å². The van der Waals surface area contributed by atoms with Crippen molar-refractivity contribution >= 4 is 27.5 Å². The number of fused-ring (bicyclic) bond motifs is 2. The molecule has 4 rings (SSSR count). The van der Waals surface area contributed by atoms with Gasteiger partial charge in [-0.2, -0.15) is 0 Å². The smallest absolute Gasteiger partial charge is 0.262 e. The van der Waals surface area contributed by atoms with E-state index >= 15 is 0 Å². The molecule has 1 saturated carbocycles. The van der Waals surface area contributed by atoms with Crippen LogP contribution in [-0.2, 0) is 11.3 Å². The summed E-state index contributed by atoms with van der Waals surface area (Å²) < 4.78 is 1.45. The van der Waals surface area contributed by atoms with Crippen LogP contribution >= 0.6 is 11.3 Å². The van der Waals surface area contributed by atoms with Gasteiger partial charge in [-0.1, -0.05) is 19.3 Å². The maximum absolute atomic E-state index is 12.6. The maximum Gasteiger partial charge on any atom is 0.262 e. The number of hydrogen-bond acceptors (Lipinski definition) is 4. The highest BCUT2D eigenvalue weighted by Gasteiger charge is 2.32. The Kier molecular flexibility index (Phi) is 3.93. The fraction of sp³-hybridized carbons (Fsp3) is 0.588. The number of nitrogens with zero attached hydrogens (tertiary/aromatic N) is 3. The van der Waals surface area contributed by atoms with Gasteiger partial charge in [-0.3, -0.25) is 14.2 Å². The highest BCUT2D eigenvalue weighted by atomic mass is 32.1.